The second-order valence-electron chi connectivity index (χ2n) is 4.07. The van der Waals surface area contributed by atoms with Crippen LogP contribution in [0.4, 0.5) is 0 Å². The summed E-state index contributed by atoms with van der Waals surface area (Å²) in [5.41, 5.74) is 0.812. The van der Waals surface area contributed by atoms with Gasteiger partial charge in [-0.05, 0) is 23.7 Å². The van der Waals surface area contributed by atoms with Gasteiger partial charge in [0.1, 0.15) is 0 Å². The SMILES string of the molecule is CC1(C)[C]C(C)(C)C1. The molecule has 0 bridgehead atoms. The highest BCUT2D eigenvalue weighted by atomic mass is 14.5. The van der Waals surface area contributed by atoms with E-state index in [0.717, 1.165) is 0 Å². The monoisotopic (exact) mass is 110 g/mol. The lowest BCUT2D eigenvalue weighted by Gasteiger charge is -2.48. The third kappa shape index (κ3) is 1.04. The van der Waals surface area contributed by atoms with E-state index in [9.17, 15) is 0 Å². The molecule has 46 valence electrons. The lowest BCUT2D eigenvalue weighted by molar-refractivity contribution is 0.119. The van der Waals surface area contributed by atoms with Crippen molar-refractivity contribution in [1.29, 1.82) is 0 Å². The Balaban J connectivity index is 2.42. The lowest BCUT2D eigenvalue weighted by Crippen LogP contribution is -2.39. The second kappa shape index (κ2) is 1.29. The summed E-state index contributed by atoms with van der Waals surface area (Å²) in [5, 5.41) is 0. The highest BCUT2D eigenvalue weighted by Gasteiger charge is 2.42. The van der Waals surface area contributed by atoms with E-state index in [-0.39, 0.29) is 0 Å². The fourth-order valence-corrected chi connectivity index (χ4v) is 2.00. The Hall–Kier alpha value is 0. The van der Waals surface area contributed by atoms with Gasteiger partial charge < -0.3 is 0 Å². The lowest BCUT2D eigenvalue weighted by atomic mass is 9.56. The maximum atomic E-state index is 3.46. The fourth-order valence-electron chi connectivity index (χ4n) is 2.00. The molecule has 0 saturated heterocycles. The van der Waals surface area contributed by atoms with Gasteiger partial charge in [-0.2, -0.15) is 0 Å². The molecule has 0 heterocycles. The Kier molecular flexibility index (Phi) is 0.984. The molecule has 0 spiro atoms. The average molecular weight is 110 g/mol. The highest BCUT2D eigenvalue weighted by molar-refractivity contribution is 5.08. The molecule has 0 aromatic rings. The summed E-state index contributed by atoms with van der Waals surface area (Å²) >= 11 is 0. The zero-order valence-corrected chi connectivity index (χ0v) is 6.21. The molecule has 0 nitrogen and oxygen atoms in total. The van der Waals surface area contributed by atoms with Crippen molar-refractivity contribution in [2.75, 3.05) is 0 Å². The van der Waals surface area contributed by atoms with E-state index in [1.807, 2.05) is 0 Å². The van der Waals surface area contributed by atoms with Crippen LogP contribution >= 0.6 is 0 Å². The highest BCUT2D eigenvalue weighted by Crippen LogP contribution is 2.52. The molecule has 0 heteroatoms. The molecule has 1 fully saturated rings. The Morgan fingerprint density at radius 2 is 1.25 bits per heavy atom. The van der Waals surface area contributed by atoms with Gasteiger partial charge in [-0.3, -0.25) is 0 Å². The quantitative estimate of drug-likeness (QED) is 0.449. The fraction of sp³-hybridized carbons (Fsp3) is 0.875. The Morgan fingerprint density at radius 3 is 1.25 bits per heavy atom. The molecular weight excluding hydrogens is 96.1 g/mol. The van der Waals surface area contributed by atoms with Crippen LogP contribution in [0.5, 0.6) is 0 Å². The van der Waals surface area contributed by atoms with Crippen LogP contribution < -0.4 is 0 Å². The number of rotatable bonds is 0. The predicted molar refractivity (Wildman–Crippen MR) is 35.4 cm³/mol. The van der Waals surface area contributed by atoms with Gasteiger partial charge in [-0.25, -0.2) is 0 Å². The molecule has 1 rings (SSSR count). The molecule has 0 N–H and O–H groups in total. The van der Waals surface area contributed by atoms with Crippen molar-refractivity contribution in [2.24, 2.45) is 10.8 Å². The first-order chi connectivity index (χ1) is 3.41. The van der Waals surface area contributed by atoms with E-state index in [2.05, 4.69) is 34.1 Å². The van der Waals surface area contributed by atoms with E-state index in [0.29, 0.717) is 10.8 Å². The van der Waals surface area contributed by atoms with Gasteiger partial charge in [0.15, 0.2) is 0 Å². The summed E-state index contributed by atoms with van der Waals surface area (Å²) in [6, 6.07) is 0. The molecule has 0 atom stereocenters. The topological polar surface area (TPSA) is 0 Å². The second-order valence-corrected chi connectivity index (χ2v) is 4.07. The zero-order valence-electron chi connectivity index (χ0n) is 6.21. The summed E-state index contributed by atoms with van der Waals surface area (Å²) in [4.78, 5) is 0. The standard InChI is InChI=1S/C8H14/c1-7(2)5-8(3,4)6-7/h5H2,1-4H3. The van der Waals surface area contributed by atoms with Crippen molar-refractivity contribution < 1.29 is 0 Å². The van der Waals surface area contributed by atoms with Crippen LogP contribution in [0, 0.1) is 17.3 Å². The van der Waals surface area contributed by atoms with Crippen LogP contribution in [-0.4, -0.2) is 0 Å². The van der Waals surface area contributed by atoms with Crippen LogP contribution in [0.3, 0.4) is 0 Å². The van der Waals surface area contributed by atoms with E-state index in [1.54, 1.807) is 0 Å². The normalized spacial score (nSPS) is 31.5. The van der Waals surface area contributed by atoms with Crippen LogP contribution in [0.15, 0.2) is 0 Å². The summed E-state index contributed by atoms with van der Waals surface area (Å²) in [5.74, 6) is 0. The molecule has 1 aliphatic rings. The maximum Gasteiger partial charge on any atom is -0.00494 e. The Morgan fingerprint density at radius 1 is 1.00 bits per heavy atom. The minimum Gasteiger partial charge on any atom is -0.0593 e. The molecule has 0 aromatic carbocycles. The van der Waals surface area contributed by atoms with Crippen molar-refractivity contribution in [1.82, 2.24) is 0 Å². The van der Waals surface area contributed by atoms with Gasteiger partial charge in [0.05, 0.1) is 0 Å². The molecule has 8 heavy (non-hydrogen) atoms. The largest absolute Gasteiger partial charge is 0.0593 e. The summed E-state index contributed by atoms with van der Waals surface area (Å²) in [6.45, 7) is 8.94. The van der Waals surface area contributed by atoms with Crippen LogP contribution in [0.2, 0.25) is 0 Å². The molecule has 1 aliphatic carbocycles. The molecule has 2 radical (unpaired) electrons. The van der Waals surface area contributed by atoms with E-state index >= 15 is 0 Å². The number of hydrogen-bond acceptors (Lipinski definition) is 0. The van der Waals surface area contributed by atoms with Crippen molar-refractivity contribution in [3.63, 3.8) is 0 Å². The third-order valence-corrected chi connectivity index (χ3v) is 1.56. The Bertz CT molecular complexity index is 76.6. The first kappa shape index (κ1) is 6.12. The third-order valence-electron chi connectivity index (χ3n) is 1.56. The van der Waals surface area contributed by atoms with Gasteiger partial charge in [-0.1, -0.05) is 27.7 Å². The molecule has 0 aliphatic heterocycles. The van der Waals surface area contributed by atoms with Crippen molar-refractivity contribution >= 4 is 0 Å². The van der Waals surface area contributed by atoms with Gasteiger partial charge >= 0.3 is 0 Å². The first-order valence-corrected chi connectivity index (χ1v) is 3.21. The van der Waals surface area contributed by atoms with Gasteiger partial charge in [0.2, 0.25) is 0 Å². The minimum absolute atomic E-state index is 0.406. The first-order valence-electron chi connectivity index (χ1n) is 3.21. The van der Waals surface area contributed by atoms with Crippen LogP contribution in [0.25, 0.3) is 0 Å². The van der Waals surface area contributed by atoms with E-state index in [1.165, 1.54) is 6.42 Å². The zero-order chi connectivity index (χ0) is 6.41. The van der Waals surface area contributed by atoms with Crippen LogP contribution in [-0.2, 0) is 0 Å². The average Bonchev–Trinajstić information content (AvgIpc) is 1.20. The predicted octanol–water partition coefficient (Wildman–Crippen LogP) is 2.52. The molecule has 1 saturated carbocycles. The van der Waals surface area contributed by atoms with Crippen LogP contribution in [0.1, 0.15) is 34.1 Å². The minimum atomic E-state index is 0.406. The van der Waals surface area contributed by atoms with Gasteiger partial charge in [-0.15, -0.1) is 0 Å². The Labute approximate surface area is 52.3 Å². The van der Waals surface area contributed by atoms with Crippen molar-refractivity contribution in [2.45, 2.75) is 34.1 Å². The van der Waals surface area contributed by atoms with Gasteiger partial charge in [0, 0.05) is 0 Å². The van der Waals surface area contributed by atoms with Gasteiger partial charge in [0.25, 0.3) is 0 Å². The maximum absolute atomic E-state index is 3.46. The van der Waals surface area contributed by atoms with Crippen molar-refractivity contribution in [3.8, 4) is 0 Å². The van der Waals surface area contributed by atoms with E-state index < -0.39 is 0 Å². The molecule has 0 aromatic heterocycles. The summed E-state index contributed by atoms with van der Waals surface area (Å²) < 4.78 is 0. The smallest absolute Gasteiger partial charge is 0.00494 e. The molecule has 0 amide bonds. The molecule has 0 unspecified atom stereocenters. The summed E-state index contributed by atoms with van der Waals surface area (Å²) in [7, 11) is 0. The number of hydrogen-bond donors (Lipinski definition) is 0. The van der Waals surface area contributed by atoms with Crippen molar-refractivity contribution in [3.05, 3.63) is 6.42 Å². The summed E-state index contributed by atoms with van der Waals surface area (Å²) in [6.07, 6.45) is 4.75. The molecular formula is C8H14. The van der Waals surface area contributed by atoms with E-state index in [4.69, 9.17) is 0 Å².